The van der Waals surface area contributed by atoms with Crippen LogP contribution in [0.2, 0.25) is 0 Å². The number of carbonyl (C=O) groups is 2. The Kier molecular flexibility index (Phi) is 7.48. The molecule has 0 radical (unpaired) electrons. The molecule has 0 aromatic heterocycles. The third-order valence-corrected chi connectivity index (χ3v) is 8.18. The Morgan fingerprint density at radius 3 is 2.38 bits per heavy atom. The number of nitrogens with zero attached hydrogens (tertiary/aromatic N) is 2. The second-order valence-electron chi connectivity index (χ2n) is 10.5. The first-order chi connectivity index (χ1) is 15.5. The smallest absolute Gasteiger partial charge is 0.231 e. The molecule has 2 fully saturated rings. The van der Waals surface area contributed by atoms with Crippen LogP contribution >= 0.6 is 0 Å². The van der Waals surface area contributed by atoms with E-state index in [1.165, 1.54) is 44.1 Å². The van der Waals surface area contributed by atoms with E-state index in [0.717, 1.165) is 55.2 Å². The van der Waals surface area contributed by atoms with Gasteiger partial charge in [0, 0.05) is 17.5 Å². The van der Waals surface area contributed by atoms with E-state index in [-0.39, 0.29) is 29.6 Å². The van der Waals surface area contributed by atoms with Crippen molar-refractivity contribution >= 4 is 18.0 Å². The number of aliphatic imine (C=N–C) groups is 1. The predicted molar refractivity (Wildman–Crippen MR) is 131 cm³/mol. The average molecular weight is 437 g/mol. The summed E-state index contributed by atoms with van der Waals surface area (Å²) in [6, 6.07) is 0.666. The van der Waals surface area contributed by atoms with Crippen molar-refractivity contribution in [2.24, 2.45) is 16.8 Å². The molecule has 2 saturated carbocycles. The minimum atomic E-state index is -0.113. The molecule has 0 aromatic rings. The lowest BCUT2D eigenvalue weighted by molar-refractivity contribution is -0.134. The van der Waals surface area contributed by atoms with E-state index < -0.39 is 0 Å². The van der Waals surface area contributed by atoms with E-state index in [2.05, 4.69) is 19.9 Å². The van der Waals surface area contributed by atoms with Gasteiger partial charge in [0.2, 0.25) is 5.91 Å². The summed E-state index contributed by atoms with van der Waals surface area (Å²) in [4.78, 5) is 33.3. The van der Waals surface area contributed by atoms with Crippen LogP contribution in [0.25, 0.3) is 0 Å². The highest BCUT2D eigenvalue weighted by Crippen LogP contribution is 2.39. The third kappa shape index (κ3) is 5.00. The van der Waals surface area contributed by atoms with E-state index in [1.54, 1.807) is 6.08 Å². The van der Waals surface area contributed by atoms with Crippen molar-refractivity contribution < 1.29 is 9.59 Å². The second kappa shape index (κ2) is 10.3. The maximum atomic E-state index is 13.9. The summed E-state index contributed by atoms with van der Waals surface area (Å²) in [7, 11) is 0. The zero-order valence-electron chi connectivity index (χ0n) is 20.2. The summed E-state index contributed by atoms with van der Waals surface area (Å²) >= 11 is 0. The second-order valence-corrected chi connectivity index (χ2v) is 10.5. The van der Waals surface area contributed by atoms with Gasteiger partial charge in [-0.2, -0.15) is 0 Å². The fraction of sp³-hybridized carbons (Fsp3) is 0.679. The van der Waals surface area contributed by atoms with Crippen LogP contribution in [0.3, 0.4) is 0 Å². The van der Waals surface area contributed by atoms with Gasteiger partial charge in [-0.25, -0.2) is 0 Å². The summed E-state index contributed by atoms with van der Waals surface area (Å²) in [5, 5.41) is 0. The molecule has 4 aliphatic rings. The van der Waals surface area contributed by atoms with E-state index in [4.69, 9.17) is 4.99 Å². The first-order valence-corrected chi connectivity index (χ1v) is 13.0. The molecule has 4 nitrogen and oxygen atoms in total. The van der Waals surface area contributed by atoms with E-state index >= 15 is 0 Å². The number of fused-ring (bicyclic) bond motifs is 1. The van der Waals surface area contributed by atoms with Crippen molar-refractivity contribution in [1.29, 1.82) is 0 Å². The number of amides is 1. The highest BCUT2D eigenvalue weighted by Gasteiger charge is 2.34. The SMILES string of the molecule is CC1=CC(=O)C2=C(C)CC[C@H]([C@H](C)C(=O)N(C=NC3CCCCC3)C3CCCCC3)C=C12. The van der Waals surface area contributed by atoms with Crippen molar-refractivity contribution in [3.63, 3.8) is 0 Å². The molecule has 0 N–H and O–H groups in total. The lowest BCUT2D eigenvalue weighted by Crippen LogP contribution is -2.44. The number of allylic oxidation sites excluding steroid dienone is 6. The molecule has 1 amide bonds. The molecule has 0 unspecified atom stereocenters. The summed E-state index contributed by atoms with van der Waals surface area (Å²) < 4.78 is 0. The van der Waals surface area contributed by atoms with Crippen molar-refractivity contribution in [2.45, 2.75) is 110 Å². The van der Waals surface area contributed by atoms with Gasteiger partial charge in [-0.3, -0.25) is 19.5 Å². The summed E-state index contributed by atoms with van der Waals surface area (Å²) in [5.41, 5.74) is 4.15. The van der Waals surface area contributed by atoms with Gasteiger partial charge < -0.3 is 0 Å². The number of hydrogen-bond donors (Lipinski definition) is 0. The van der Waals surface area contributed by atoms with E-state index in [0.29, 0.717) is 6.04 Å². The number of carbonyl (C=O) groups excluding carboxylic acids is 2. The topological polar surface area (TPSA) is 49.7 Å². The summed E-state index contributed by atoms with van der Waals surface area (Å²) in [6.07, 6.45) is 19.7. The monoisotopic (exact) mass is 436 g/mol. The Hall–Kier alpha value is -1.97. The molecule has 0 bridgehead atoms. The van der Waals surface area contributed by atoms with Gasteiger partial charge in [0.05, 0.1) is 12.4 Å². The Morgan fingerprint density at radius 1 is 1.03 bits per heavy atom. The van der Waals surface area contributed by atoms with Crippen LogP contribution in [0.15, 0.2) is 39.4 Å². The molecule has 0 saturated heterocycles. The molecule has 174 valence electrons. The van der Waals surface area contributed by atoms with Crippen molar-refractivity contribution in [3.8, 4) is 0 Å². The van der Waals surface area contributed by atoms with Crippen molar-refractivity contribution in [1.82, 2.24) is 4.90 Å². The molecule has 2 atom stereocenters. The average Bonchev–Trinajstić information content (AvgIpc) is 2.97. The lowest BCUT2D eigenvalue weighted by atomic mass is 9.86. The van der Waals surface area contributed by atoms with Gasteiger partial charge in [-0.1, -0.05) is 57.1 Å². The normalized spacial score (nSPS) is 26.6. The standard InChI is InChI=1S/C28H40N2O2/c1-19-14-15-22(17-25-20(2)16-26(31)27(19)25)21(3)28(32)30(24-12-8-5-9-13-24)18-29-23-10-6-4-7-11-23/h16-18,21-24H,4-15H2,1-3H3/t21-,22-/m0/s1. The van der Waals surface area contributed by atoms with Gasteiger partial charge in [0.1, 0.15) is 0 Å². The maximum absolute atomic E-state index is 13.9. The van der Waals surface area contributed by atoms with Crippen LogP contribution in [-0.2, 0) is 9.59 Å². The fourth-order valence-electron chi connectivity index (χ4n) is 6.04. The Morgan fingerprint density at radius 2 is 1.69 bits per heavy atom. The molecule has 4 heteroatoms. The third-order valence-electron chi connectivity index (χ3n) is 8.18. The molecule has 0 aliphatic heterocycles. The highest BCUT2D eigenvalue weighted by molar-refractivity contribution is 6.13. The molecule has 32 heavy (non-hydrogen) atoms. The van der Waals surface area contributed by atoms with Crippen molar-refractivity contribution in [3.05, 3.63) is 34.4 Å². The van der Waals surface area contributed by atoms with Gasteiger partial charge in [-0.15, -0.1) is 0 Å². The molecular weight excluding hydrogens is 396 g/mol. The van der Waals surface area contributed by atoms with Crippen LogP contribution in [0.4, 0.5) is 0 Å². The van der Waals surface area contributed by atoms with Gasteiger partial charge >= 0.3 is 0 Å². The minimum Gasteiger partial charge on any atom is -0.300 e. The molecule has 4 rings (SSSR count). The van der Waals surface area contributed by atoms with Crippen molar-refractivity contribution in [2.75, 3.05) is 0 Å². The zero-order chi connectivity index (χ0) is 22.7. The summed E-state index contributed by atoms with van der Waals surface area (Å²) in [6.45, 7) is 6.18. The first kappa shape index (κ1) is 23.2. The van der Waals surface area contributed by atoms with Gasteiger partial charge in [0.25, 0.3) is 0 Å². The fourth-order valence-corrected chi connectivity index (χ4v) is 6.04. The maximum Gasteiger partial charge on any atom is 0.231 e. The largest absolute Gasteiger partial charge is 0.300 e. The predicted octanol–water partition coefficient (Wildman–Crippen LogP) is 6.33. The molecule has 4 aliphatic carbocycles. The minimum absolute atomic E-state index is 0.113. The van der Waals surface area contributed by atoms with Crippen LogP contribution in [0.1, 0.15) is 97.8 Å². The lowest BCUT2D eigenvalue weighted by Gasteiger charge is -2.35. The first-order valence-electron chi connectivity index (χ1n) is 13.0. The Balaban J connectivity index is 1.54. The number of hydrogen-bond acceptors (Lipinski definition) is 3. The number of ketones is 1. The molecule has 0 spiro atoms. The Labute approximate surface area is 193 Å². The Bertz CT molecular complexity index is 851. The van der Waals surface area contributed by atoms with E-state index in [1.807, 2.05) is 18.2 Å². The molecule has 0 aromatic carbocycles. The van der Waals surface area contributed by atoms with Crippen LogP contribution in [0.5, 0.6) is 0 Å². The number of rotatable bonds is 5. The van der Waals surface area contributed by atoms with Gasteiger partial charge in [0.15, 0.2) is 5.78 Å². The van der Waals surface area contributed by atoms with Gasteiger partial charge in [-0.05, 0) is 75.5 Å². The molecule has 0 heterocycles. The summed E-state index contributed by atoms with van der Waals surface area (Å²) in [5.74, 6) is 0.381. The molecular formula is C28H40N2O2. The van der Waals surface area contributed by atoms with Crippen LogP contribution in [0, 0.1) is 11.8 Å². The highest BCUT2D eigenvalue weighted by atomic mass is 16.2. The van der Waals surface area contributed by atoms with Crippen LogP contribution < -0.4 is 0 Å². The quantitative estimate of drug-likeness (QED) is 0.374. The van der Waals surface area contributed by atoms with Crippen LogP contribution in [-0.4, -0.2) is 35.0 Å². The zero-order valence-corrected chi connectivity index (χ0v) is 20.2. The van der Waals surface area contributed by atoms with E-state index in [9.17, 15) is 9.59 Å².